The van der Waals surface area contributed by atoms with E-state index in [0.29, 0.717) is 5.56 Å². The predicted octanol–water partition coefficient (Wildman–Crippen LogP) is 2.06. The lowest BCUT2D eigenvalue weighted by molar-refractivity contribution is 0.102. The van der Waals surface area contributed by atoms with Crippen LogP contribution in [0, 0.1) is 0 Å². The molecule has 0 aliphatic carbocycles. The second-order valence-electron chi connectivity index (χ2n) is 6.70. The minimum absolute atomic E-state index is 0.158. The molecule has 0 spiro atoms. The Balaban J connectivity index is 1.52. The number of rotatable bonds is 5. The highest BCUT2D eigenvalue weighted by molar-refractivity contribution is 6.06. The van der Waals surface area contributed by atoms with Crippen molar-refractivity contribution in [2.24, 2.45) is 0 Å². The number of likely N-dealkylation sites (N-methyl/N-ethyl adjacent to an activating group) is 1. The zero-order valence-corrected chi connectivity index (χ0v) is 15.8. The van der Waals surface area contributed by atoms with Crippen molar-refractivity contribution in [3.05, 3.63) is 60.4 Å². The molecule has 2 heterocycles. The molecule has 3 aromatic rings. The van der Waals surface area contributed by atoms with Gasteiger partial charge in [0, 0.05) is 31.7 Å². The molecule has 4 rings (SSSR count). The van der Waals surface area contributed by atoms with Crippen LogP contribution in [0.2, 0.25) is 0 Å². The van der Waals surface area contributed by atoms with Crippen LogP contribution in [0.4, 0.5) is 11.4 Å². The highest BCUT2D eigenvalue weighted by Crippen LogP contribution is 2.27. The Morgan fingerprint density at radius 2 is 1.89 bits per heavy atom. The lowest BCUT2D eigenvalue weighted by atomic mass is 10.1. The number of hydrogen-bond acceptors (Lipinski definition) is 6. The van der Waals surface area contributed by atoms with E-state index in [-0.39, 0.29) is 5.91 Å². The third-order valence-electron chi connectivity index (χ3n) is 5.03. The van der Waals surface area contributed by atoms with Gasteiger partial charge in [-0.25, -0.2) is 4.68 Å². The Morgan fingerprint density at radius 1 is 1.07 bits per heavy atom. The molecular weight excluding hydrogens is 354 g/mol. The molecule has 1 aliphatic heterocycles. The SMILES string of the molecule is CCN1CCN(c2ccccc2NC(=O)c2cccc(-n3cnnn3)c2)CC1. The van der Waals surface area contributed by atoms with Gasteiger partial charge in [0.2, 0.25) is 0 Å². The number of para-hydroxylation sites is 2. The zero-order chi connectivity index (χ0) is 19.3. The second-order valence-corrected chi connectivity index (χ2v) is 6.70. The van der Waals surface area contributed by atoms with Crippen molar-refractivity contribution in [1.82, 2.24) is 25.1 Å². The summed E-state index contributed by atoms with van der Waals surface area (Å²) in [7, 11) is 0. The van der Waals surface area contributed by atoms with Crippen molar-refractivity contribution in [3.8, 4) is 5.69 Å². The first-order chi connectivity index (χ1) is 13.7. The first kappa shape index (κ1) is 18.1. The van der Waals surface area contributed by atoms with Crippen LogP contribution in [-0.2, 0) is 0 Å². The van der Waals surface area contributed by atoms with Gasteiger partial charge in [0.05, 0.1) is 17.1 Å². The normalized spacial score (nSPS) is 14.8. The average molecular weight is 377 g/mol. The first-order valence-corrected chi connectivity index (χ1v) is 9.45. The molecule has 8 heteroatoms. The molecular formula is C20H23N7O. The van der Waals surface area contributed by atoms with Crippen LogP contribution in [0.1, 0.15) is 17.3 Å². The van der Waals surface area contributed by atoms with Gasteiger partial charge < -0.3 is 15.1 Å². The van der Waals surface area contributed by atoms with Crippen LogP contribution in [0.5, 0.6) is 0 Å². The largest absolute Gasteiger partial charge is 0.367 e. The van der Waals surface area contributed by atoms with E-state index in [2.05, 4.69) is 43.6 Å². The lowest BCUT2D eigenvalue weighted by Gasteiger charge is -2.36. The van der Waals surface area contributed by atoms with Gasteiger partial charge >= 0.3 is 0 Å². The maximum Gasteiger partial charge on any atom is 0.255 e. The summed E-state index contributed by atoms with van der Waals surface area (Å²) in [6.07, 6.45) is 1.50. The van der Waals surface area contributed by atoms with Gasteiger partial charge in [0.1, 0.15) is 6.33 Å². The van der Waals surface area contributed by atoms with Crippen molar-refractivity contribution in [2.75, 3.05) is 42.9 Å². The van der Waals surface area contributed by atoms with Crippen LogP contribution >= 0.6 is 0 Å². The van der Waals surface area contributed by atoms with Gasteiger partial charge in [0.15, 0.2) is 0 Å². The quantitative estimate of drug-likeness (QED) is 0.733. The molecule has 28 heavy (non-hydrogen) atoms. The van der Waals surface area contributed by atoms with Gasteiger partial charge in [-0.1, -0.05) is 25.1 Å². The third kappa shape index (κ3) is 3.86. The van der Waals surface area contributed by atoms with E-state index in [4.69, 9.17) is 0 Å². The van der Waals surface area contributed by atoms with E-state index in [1.807, 2.05) is 30.3 Å². The van der Waals surface area contributed by atoms with E-state index < -0.39 is 0 Å². The van der Waals surface area contributed by atoms with Crippen LogP contribution in [0.15, 0.2) is 54.9 Å². The van der Waals surface area contributed by atoms with Crippen molar-refractivity contribution < 1.29 is 4.79 Å². The number of tetrazole rings is 1. The van der Waals surface area contributed by atoms with Crippen LogP contribution < -0.4 is 10.2 Å². The van der Waals surface area contributed by atoms with Crippen molar-refractivity contribution in [2.45, 2.75) is 6.92 Å². The highest BCUT2D eigenvalue weighted by Gasteiger charge is 2.19. The van der Waals surface area contributed by atoms with E-state index in [1.54, 1.807) is 12.1 Å². The standard InChI is InChI=1S/C20H23N7O/c1-2-25-10-12-26(13-11-25)19-9-4-3-8-18(19)22-20(28)16-6-5-7-17(14-16)27-15-21-23-24-27/h3-9,14-15H,2,10-13H2,1H3,(H,22,28). The minimum Gasteiger partial charge on any atom is -0.367 e. The van der Waals surface area contributed by atoms with Gasteiger partial charge in [-0.15, -0.1) is 5.10 Å². The number of nitrogens with zero attached hydrogens (tertiary/aromatic N) is 6. The molecule has 8 nitrogen and oxygen atoms in total. The number of amides is 1. The van der Waals surface area contributed by atoms with Gasteiger partial charge in [-0.3, -0.25) is 4.79 Å². The topological polar surface area (TPSA) is 79.2 Å². The second kappa shape index (κ2) is 8.18. The molecule has 1 N–H and O–H groups in total. The fraction of sp³-hybridized carbons (Fsp3) is 0.300. The summed E-state index contributed by atoms with van der Waals surface area (Å²) >= 11 is 0. The zero-order valence-electron chi connectivity index (χ0n) is 15.8. The van der Waals surface area contributed by atoms with E-state index in [0.717, 1.165) is 49.8 Å². The summed E-state index contributed by atoms with van der Waals surface area (Å²) in [6.45, 7) is 7.24. The molecule has 0 saturated carbocycles. The van der Waals surface area contributed by atoms with Crippen molar-refractivity contribution in [3.63, 3.8) is 0 Å². The Hall–Kier alpha value is -3.26. The van der Waals surface area contributed by atoms with Crippen LogP contribution in [-0.4, -0.2) is 63.7 Å². The predicted molar refractivity (Wildman–Crippen MR) is 108 cm³/mol. The summed E-state index contributed by atoms with van der Waals surface area (Å²) < 4.78 is 1.53. The lowest BCUT2D eigenvalue weighted by Crippen LogP contribution is -2.46. The van der Waals surface area contributed by atoms with E-state index in [9.17, 15) is 4.79 Å². The summed E-state index contributed by atoms with van der Waals surface area (Å²) in [4.78, 5) is 17.6. The molecule has 1 aliphatic rings. The highest BCUT2D eigenvalue weighted by atomic mass is 16.1. The summed E-state index contributed by atoms with van der Waals surface area (Å²) in [5, 5.41) is 14.2. The molecule has 1 amide bonds. The summed E-state index contributed by atoms with van der Waals surface area (Å²) in [5.74, 6) is -0.158. The van der Waals surface area contributed by atoms with Crippen LogP contribution in [0.25, 0.3) is 5.69 Å². The van der Waals surface area contributed by atoms with E-state index in [1.165, 1.54) is 11.0 Å². The third-order valence-corrected chi connectivity index (χ3v) is 5.03. The van der Waals surface area contributed by atoms with Crippen molar-refractivity contribution >= 4 is 17.3 Å². The number of aromatic nitrogens is 4. The molecule has 144 valence electrons. The first-order valence-electron chi connectivity index (χ1n) is 9.45. The number of carbonyl (C=O) groups excluding carboxylic acids is 1. The maximum atomic E-state index is 12.9. The number of carbonyl (C=O) groups is 1. The van der Waals surface area contributed by atoms with Crippen LogP contribution in [0.3, 0.4) is 0 Å². The fourth-order valence-electron chi connectivity index (χ4n) is 3.42. The maximum absolute atomic E-state index is 12.9. The number of piperazine rings is 1. The number of nitrogens with one attached hydrogen (secondary N) is 1. The molecule has 2 aromatic carbocycles. The number of hydrogen-bond donors (Lipinski definition) is 1. The average Bonchev–Trinajstić information content (AvgIpc) is 3.29. The van der Waals surface area contributed by atoms with E-state index >= 15 is 0 Å². The molecule has 0 bridgehead atoms. The van der Waals surface area contributed by atoms with Crippen molar-refractivity contribution in [1.29, 1.82) is 0 Å². The minimum atomic E-state index is -0.158. The summed E-state index contributed by atoms with van der Waals surface area (Å²) in [5.41, 5.74) is 3.17. The molecule has 1 saturated heterocycles. The monoisotopic (exact) mass is 377 g/mol. The molecule has 1 fully saturated rings. The van der Waals surface area contributed by atoms with Gasteiger partial charge in [0.25, 0.3) is 5.91 Å². The van der Waals surface area contributed by atoms with Gasteiger partial charge in [-0.2, -0.15) is 0 Å². The molecule has 0 atom stereocenters. The smallest absolute Gasteiger partial charge is 0.255 e. The molecule has 1 aromatic heterocycles. The number of benzene rings is 2. The fourth-order valence-corrected chi connectivity index (χ4v) is 3.42. The van der Waals surface area contributed by atoms with Gasteiger partial charge in [-0.05, 0) is 47.3 Å². The summed E-state index contributed by atoms with van der Waals surface area (Å²) in [6, 6.07) is 15.2. The molecule has 0 radical (unpaired) electrons. The Morgan fingerprint density at radius 3 is 2.64 bits per heavy atom. The Bertz CT molecular complexity index is 933. The molecule has 0 unspecified atom stereocenters. The Kier molecular flexibility index (Phi) is 5.29. The Labute approximate surface area is 163 Å². The number of anilines is 2.